The Bertz CT molecular complexity index is 1010. The van der Waals surface area contributed by atoms with Crippen molar-refractivity contribution in [2.75, 3.05) is 44.2 Å². The number of nitrogens with zero attached hydrogens (tertiary/aromatic N) is 2. The van der Waals surface area contributed by atoms with Crippen LogP contribution in [0.5, 0.6) is 11.5 Å². The second-order valence-electron chi connectivity index (χ2n) is 9.82. The van der Waals surface area contributed by atoms with Gasteiger partial charge in [0.25, 0.3) is 0 Å². The summed E-state index contributed by atoms with van der Waals surface area (Å²) in [6.45, 7) is 3.19. The van der Waals surface area contributed by atoms with Crippen LogP contribution in [0.2, 0.25) is 0 Å². The highest BCUT2D eigenvalue weighted by molar-refractivity contribution is 6.18. The van der Waals surface area contributed by atoms with E-state index in [1.54, 1.807) is 7.11 Å². The van der Waals surface area contributed by atoms with Crippen LogP contribution < -0.4 is 14.4 Å². The lowest BCUT2D eigenvalue weighted by molar-refractivity contribution is -0.132. The fourth-order valence-corrected chi connectivity index (χ4v) is 8.05. The molecule has 5 aliphatic heterocycles. The first kappa shape index (κ1) is 18.8. The van der Waals surface area contributed by atoms with Crippen LogP contribution in [0.4, 0.5) is 5.69 Å². The molecule has 7 rings (SSSR count). The lowest BCUT2D eigenvalue weighted by Gasteiger charge is -2.58. The maximum absolute atomic E-state index is 13.5. The molecule has 6 nitrogen and oxygen atoms in total. The van der Waals surface area contributed by atoms with Gasteiger partial charge in [0.1, 0.15) is 6.61 Å². The molecular weight excluding hydrogens is 416 g/mol. The minimum Gasteiger partial charge on any atom is -0.493 e. The number of hydrogen-bond donors (Lipinski definition) is 0. The molecule has 6 aliphatic rings. The Labute approximate surface area is 187 Å². The van der Waals surface area contributed by atoms with Crippen molar-refractivity contribution < 1.29 is 19.0 Å². The third-order valence-corrected chi connectivity index (χ3v) is 9.08. The predicted molar refractivity (Wildman–Crippen MR) is 116 cm³/mol. The molecule has 7 heteroatoms. The fraction of sp³-hybridized carbons (Fsp3) is 0.625. The minimum absolute atomic E-state index is 0.0145. The van der Waals surface area contributed by atoms with Crippen molar-refractivity contribution in [3.8, 4) is 11.5 Å². The maximum atomic E-state index is 13.5. The number of methoxy groups -OCH3 is 1. The van der Waals surface area contributed by atoms with Crippen molar-refractivity contribution >= 4 is 23.2 Å². The highest BCUT2D eigenvalue weighted by atomic mass is 35.5. The highest BCUT2D eigenvalue weighted by Crippen LogP contribution is 2.66. The number of rotatable bonds is 4. The number of fused-ring (bicyclic) bond motifs is 2. The highest BCUT2D eigenvalue weighted by Gasteiger charge is 2.71. The zero-order chi connectivity index (χ0) is 20.9. The second-order valence-corrected chi connectivity index (χ2v) is 10.2. The zero-order valence-electron chi connectivity index (χ0n) is 17.7. The van der Waals surface area contributed by atoms with Gasteiger partial charge in [-0.05, 0) is 36.9 Å². The van der Waals surface area contributed by atoms with Gasteiger partial charge >= 0.3 is 0 Å². The molecule has 1 aromatic rings. The molecule has 5 heterocycles. The normalized spacial score (nSPS) is 39.2. The predicted octanol–water partition coefficient (Wildman–Crippen LogP) is 2.72. The number of carbonyl (C=O) groups is 1. The monoisotopic (exact) mass is 442 g/mol. The summed E-state index contributed by atoms with van der Waals surface area (Å²) in [6, 6.07) is 4.80. The van der Waals surface area contributed by atoms with Gasteiger partial charge in [-0.15, -0.1) is 11.6 Å². The minimum atomic E-state index is -0.0601. The van der Waals surface area contributed by atoms with Crippen molar-refractivity contribution in [2.24, 2.45) is 11.8 Å². The van der Waals surface area contributed by atoms with E-state index in [-0.39, 0.29) is 23.5 Å². The zero-order valence-corrected chi connectivity index (χ0v) is 18.4. The molecule has 1 aliphatic carbocycles. The van der Waals surface area contributed by atoms with Gasteiger partial charge in [0.15, 0.2) is 11.5 Å². The first-order chi connectivity index (χ1) is 15.2. The number of ether oxygens (including phenoxy) is 3. The summed E-state index contributed by atoms with van der Waals surface area (Å²) in [6.07, 6.45) is 5.03. The molecule has 3 saturated heterocycles. The smallest absolute Gasteiger partial charge is 0.229 e. The Morgan fingerprint density at radius 3 is 3.06 bits per heavy atom. The number of halogens is 1. The van der Waals surface area contributed by atoms with E-state index < -0.39 is 0 Å². The molecule has 1 amide bonds. The van der Waals surface area contributed by atoms with Crippen molar-refractivity contribution in [1.29, 1.82) is 0 Å². The molecule has 1 spiro atoms. The van der Waals surface area contributed by atoms with Crippen LogP contribution in [0.25, 0.3) is 0 Å². The summed E-state index contributed by atoms with van der Waals surface area (Å²) in [4.78, 5) is 18.3. The number of piperidine rings is 2. The summed E-state index contributed by atoms with van der Waals surface area (Å²) >= 11 is 5.90. The lowest BCUT2D eigenvalue weighted by Crippen LogP contribution is -2.69. The largest absolute Gasteiger partial charge is 0.493 e. The van der Waals surface area contributed by atoms with E-state index in [1.165, 1.54) is 11.1 Å². The molecule has 6 atom stereocenters. The molecule has 2 bridgehead atoms. The first-order valence-corrected chi connectivity index (χ1v) is 12.0. The Kier molecular flexibility index (Phi) is 3.87. The van der Waals surface area contributed by atoms with E-state index in [4.69, 9.17) is 25.8 Å². The number of anilines is 1. The molecule has 4 fully saturated rings. The van der Waals surface area contributed by atoms with E-state index in [1.807, 2.05) is 6.07 Å². The average Bonchev–Trinajstić information content (AvgIpc) is 3.24. The van der Waals surface area contributed by atoms with Gasteiger partial charge < -0.3 is 19.1 Å². The van der Waals surface area contributed by atoms with Gasteiger partial charge in [-0.2, -0.15) is 0 Å². The SMILES string of the molecule is COc1cc2c(cc1OCCCl)[C@@]13CCN4CC5=CCO[C@H]6CC(=O)N2[C@H]1[C@H]6[C@H]5C[C@H]43. The quantitative estimate of drug-likeness (QED) is 0.530. The van der Waals surface area contributed by atoms with E-state index in [0.717, 1.165) is 37.4 Å². The van der Waals surface area contributed by atoms with Crippen LogP contribution in [0.1, 0.15) is 24.8 Å². The van der Waals surface area contributed by atoms with Crippen LogP contribution in [0.3, 0.4) is 0 Å². The van der Waals surface area contributed by atoms with E-state index in [2.05, 4.69) is 21.9 Å². The Balaban J connectivity index is 1.47. The summed E-state index contributed by atoms with van der Waals surface area (Å²) in [5.41, 5.74) is 3.76. The topological polar surface area (TPSA) is 51.2 Å². The molecule has 1 saturated carbocycles. The summed E-state index contributed by atoms with van der Waals surface area (Å²) in [5.74, 6) is 2.88. The summed E-state index contributed by atoms with van der Waals surface area (Å²) in [7, 11) is 1.66. The van der Waals surface area contributed by atoms with Crippen LogP contribution in [0, 0.1) is 11.8 Å². The molecule has 0 unspecified atom stereocenters. The average molecular weight is 443 g/mol. The van der Waals surface area contributed by atoms with Crippen LogP contribution >= 0.6 is 11.6 Å². The Morgan fingerprint density at radius 2 is 2.23 bits per heavy atom. The van der Waals surface area contributed by atoms with E-state index in [9.17, 15) is 4.79 Å². The molecule has 31 heavy (non-hydrogen) atoms. The van der Waals surface area contributed by atoms with Gasteiger partial charge in [-0.3, -0.25) is 9.69 Å². The van der Waals surface area contributed by atoms with E-state index in [0.29, 0.717) is 49.1 Å². The Hall–Kier alpha value is -1.76. The van der Waals surface area contributed by atoms with Crippen molar-refractivity contribution in [1.82, 2.24) is 4.90 Å². The fourth-order valence-electron chi connectivity index (χ4n) is 7.97. The van der Waals surface area contributed by atoms with Crippen molar-refractivity contribution in [2.45, 2.75) is 42.9 Å². The van der Waals surface area contributed by atoms with Gasteiger partial charge in [0, 0.05) is 30.0 Å². The maximum Gasteiger partial charge on any atom is 0.229 e. The molecule has 0 aromatic heterocycles. The van der Waals surface area contributed by atoms with Crippen molar-refractivity contribution in [3.05, 3.63) is 29.3 Å². The van der Waals surface area contributed by atoms with Crippen LogP contribution in [-0.4, -0.2) is 68.3 Å². The number of benzene rings is 1. The summed E-state index contributed by atoms with van der Waals surface area (Å²) in [5, 5.41) is 0. The second kappa shape index (κ2) is 6.40. The Morgan fingerprint density at radius 1 is 1.32 bits per heavy atom. The number of amides is 1. The number of alkyl halides is 1. The number of carbonyl (C=O) groups excluding carboxylic acids is 1. The van der Waals surface area contributed by atoms with Gasteiger partial charge in [0.05, 0.1) is 43.9 Å². The van der Waals surface area contributed by atoms with Gasteiger partial charge in [0.2, 0.25) is 5.91 Å². The van der Waals surface area contributed by atoms with Gasteiger partial charge in [-0.1, -0.05) is 11.6 Å². The molecule has 0 radical (unpaired) electrons. The third kappa shape index (κ3) is 2.19. The van der Waals surface area contributed by atoms with E-state index >= 15 is 0 Å². The van der Waals surface area contributed by atoms with Gasteiger partial charge in [-0.25, -0.2) is 0 Å². The van der Waals surface area contributed by atoms with Crippen molar-refractivity contribution in [3.63, 3.8) is 0 Å². The standard InChI is InChI=1S/C24H27ClN2O4/c1-29-17-10-16-15(9-18(17)31-7-4-25)24-3-5-26-12-13-2-6-30-19-11-21(28)27(16)23(24)22(19)14(13)8-20(24)26/h2,9-10,14,19-20,22-23H,3-8,11-12H2,1H3/t14-,19-,20-,22-,23-,24+/m0/s1. The lowest BCUT2D eigenvalue weighted by atomic mass is 9.53. The third-order valence-electron chi connectivity index (χ3n) is 8.93. The molecule has 0 N–H and O–H groups in total. The number of hydrogen-bond acceptors (Lipinski definition) is 5. The molecule has 1 aromatic carbocycles. The van der Waals surface area contributed by atoms with Crippen LogP contribution in [-0.2, 0) is 14.9 Å². The summed E-state index contributed by atoms with van der Waals surface area (Å²) < 4.78 is 18.0. The van der Waals surface area contributed by atoms with Crippen LogP contribution in [0.15, 0.2) is 23.8 Å². The molecule has 164 valence electrons. The first-order valence-electron chi connectivity index (χ1n) is 11.5. The molecular formula is C24H27ClN2O4.